The average Bonchev–Trinajstić information content (AvgIpc) is 2.64. The number of hydrogen-bond acceptors (Lipinski definition) is 1. The Labute approximate surface area is 159 Å². The smallest absolute Gasteiger partial charge is 0.341 e. The topological polar surface area (TPSA) is 37.3 Å². The van der Waals surface area contributed by atoms with Crippen LogP contribution in [0, 0.1) is 11.8 Å². The zero-order valence-electron chi connectivity index (χ0n) is 17.0. The van der Waals surface area contributed by atoms with Crippen LogP contribution in [0.15, 0.2) is 30.3 Å². The fraction of sp³-hybridized carbons (Fsp3) is 0.696. The van der Waals surface area contributed by atoms with Crippen molar-refractivity contribution in [1.29, 1.82) is 0 Å². The molecule has 0 saturated carbocycles. The molecule has 148 valence electrons. The minimum Gasteiger partial charge on any atom is -0.479 e. The summed E-state index contributed by atoms with van der Waals surface area (Å²) in [4.78, 5) is 11.4. The van der Waals surface area contributed by atoms with Crippen LogP contribution in [0.25, 0.3) is 0 Å². The molecule has 0 radical (unpaired) electrons. The van der Waals surface area contributed by atoms with Gasteiger partial charge in [0.15, 0.2) is 0 Å². The number of halogens is 1. The first-order valence-corrected chi connectivity index (χ1v) is 10.3. The Morgan fingerprint density at radius 1 is 1.08 bits per heavy atom. The SMILES string of the molecule is CCC(C)CCCCC(C)CC(CC(F)(CC)C(=O)O)c1ccccc1. The first-order chi connectivity index (χ1) is 12.3. The zero-order chi connectivity index (χ0) is 19.6. The van der Waals surface area contributed by atoms with Gasteiger partial charge in [-0.05, 0) is 42.6 Å². The molecule has 1 aromatic carbocycles. The monoisotopic (exact) mass is 364 g/mol. The number of benzene rings is 1. The first kappa shape index (κ1) is 22.7. The molecule has 4 atom stereocenters. The lowest BCUT2D eigenvalue weighted by Crippen LogP contribution is -2.35. The maximum Gasteiger partial charge on any atom is 0.341 e. The Morgan fingerprint density at radius 3 is 2.15 bits per heavy atom. The Hall–Kier alpha value is -1.38. The Morgan fingerprint density at radius 2 is 1.65 bits per heavy atom. The number of unbranched alkanes of at least 4 members (excludes halogenated alkanes) is 1. The van der Waals surface area contributed by atoms with Gasteiger partial charge in [-0.15, -0.1) is 0 Å². The highest BCUT2D eigenvalue weighted by Gasteiger charge is 2.39. The second kappa shape index (κ2) is 11.4. The summed E-state index contributed by atoms with van der Waals surface area (Å²) in [6.45, 7) is 8.36. The van der Waals surface area contributed by atoms with E-state index in [9.17, 15) is 14.3 Å². The van der Waals surface area contributed by atoms with E-state index >= 15 is 0 Å². The molecule has 0 aromatic heterocycles. The number of carbonyl (C=O) groups is 1. The van der Waals surface area contributed by atoms with Crippen LogP contribution >= 0.6 is 0 Å². The lowest BCUT2D eigenvalue weighted by Gasteiger charge is -2.28. The summed E-state index contributed by atoms with van der Waals surface area (Å²) >= 11 is 0. The van der Waals surface area contributed by atoms with Crippen molar-refractivity contribution in [2.24, 2.45) is 11.8 Å². The molecule has 0 aliphatic heterocycles. The Balaban J connectivity index is 2.70. The fourth-order valence-corrected chi connectivity index (χ4v) is 3.63. The molecule has 26 heavy (non-hydrogen) atoms. The largest absolute Gasteiger partial charge is 0.479 e. The van der Waals surface area contributed by atoms with E-state index in [1.807, 2.05) is 30.3 Å². The molecule has 1 N–H and O–H groups in total. The van der Waals surface area contributed by atoms with E-state index in [0.717, 1.165) is 24.3 Å². The molecule has 2 nitrogen and oxygen atoms in total. The molecule has 4 unspecified atom stereocenters. The van der Waals surface area contributed by atoms with Crippen LogP contribution < -0.4 is 0 Å². The van der Waals surface area contributed by atoms with E-state index in [0.29, 0.717) is 5.92 Å². The van der Waals surface area contributed by atoms with E-state index in [2.05, 4.69) is 20.8 Å². The van der Waals surface area contributed by atoms with Crippen LogP contribution in [0.1, 0.15) is 90.5 Å². The molecule has 0 fully saturated rings. The molecule has 3 heteroatoms. The standard InChI is InChI=1S/C23H37FO2/c1-5-18(3)12-10-11-13-19(4)16-21(20-14-8-7-9-15-20)17-23(24,6-2)22(25)26/h7-9,14-15,18-19,21H,5-6,10-13,16-17H2,1-4H3,(H,25,26). The summed E-state index contributed by atoms with van der Waals surface area (Å²) in [6, 6.07) is 9.84. The number of hydrogen-bond donors (Lipinski definition) is 1. The Kier molecular flexibility index (Phi) is 9.90. The van der Waals surface area contributed by atoms with Crippen molar-refractivity contribution in [3.05, 3.63) is 35.9 Å². The summed E-state index contributed by atoms with van der Waals surface area (Å²) in [7, 11) is 0. The number of aliphatic carboxylic acids is 1. The zero-order valence-corrected chi connectivity index (χ0v) is 17.0. The third-order valence-electron chi connectivity index (χ3n) is 5.81. The van der Waals surface area contributed by atoms with Crippen molar-refractivity contribution in [1.82, 2.24) is 0 Å². The van der Waals surface area contributed by atoms with Crippen molar-refractivity contribution in [2.75, 3.05) is 0 Å². The summed E-state index contributed by atoms with van der Waals surface area (Å²) < 4.78 is 14.9. The quantitative estimate of drug-likeness (QED) is 0.383. The van der Waals surface area contributed by atoms with Crippen LogP contribution in [0.3, 0.4) is 0 Å². The van der Waals surface area contributed by atoms with Crippen molar-refractivity contribution < 1.29 is 14.3 Å². The van der Waals surface area contributed by atoms with Gasteiger partial charge in [-0.1, -0.05) is 90.1 Å². The molecule has 0 aliphatic rings. The van der Waals surface area contributed by atoms with Gasteiger partial charge in [-0.3, -0.25) is 0 Å². The van der Waals surface area contributed by atoms with Gasteiger partial charge in [0.25, 0.3) is 0 Å². The van der Waals surface area contributed by atoms with Crippen molar-refractivity contribution in [3.8, 4) is 0 Å². The Bertz CT molecular complexity index is 516. The lowest BCUT2D eigenvalue weighted by molar-refractivity contribution is -0.152. The molecular formula is C23H37FO2. The fourth-order valence-electron chi connectivity index (χ4n) is 3.63. The van der Waals surface area contributed by atoms with E-state index in [1.54, 1.807) is 6.92 Å². The van der Waals surface area contributed by atoms with E-state index in [4.69, 9.17) is 0 Å². The van der Waals surface area contributed by atoms with Crippen LogP contribution in [-0.4, -0.2) is 16.7 Å². The second-order valence-corrected chi connectivity index (χ2v) is 8.07. The molecular weight excluding hydrogens is 327 g/mol. The summed E-state index contributed by atoms with van der Waals surface area (Å²) in [5, 5.41) is 9.34. The van der Waals surface area contributed by atoms with Gasteiger partial charge in [0.1, 0.15) is 0 Å². The molecule has 0 saturated heterocycles. The summed E-state index contributed by atoms with van der Waals surface area (Å²) in [5.41, 5.74) is -1.09. The molecule has 0 bridgehead atoms. The van der Waals surface area contributed by atoms with Crippen molar-refractivity contribution >= 4 is 5.97 Å². The number of carboxylic acids is 1. The summed E-state index contributed by atoms with van der Waals surface area (Å²) in [6.07, 6.45) is 6.97. The van der Waals surface area contributed by atoms with E-state index < -0.39 is 11.6 Å². The minimum absolute atomic E-state index is 0.00888. The maximum absolute atomic E-state index is 14.9. The van der Waals surface area contributed by atoms with Crippen LogP contribution in [0.2, 0.25) is 0 Å². The maximum atomic E-state index is 14.9. The van der Waals surface area contributed by atoms with Gasteiger partial charge in [0.2, 0.25) is 5.67 Å². The first-order valence-electron chi connectivity index (χ1n) is 10.3. The average molecular weight is 365 g/mol. The van der Waals surface area contributed by atoms with Gasteiger partial charge < -0.3 is 5.11 Å². The van der Waals surface area contributed by atoms with Crippen molar-refractivity contribution in [2.45, 2.75) is 90.6 Å². The molecule has 1 aromatic rings. The predicted molar refractivity (Wildman–Crippen MR) is 107 cm³/mol. The lowest BCUT2D eigenvalue weighted by atomic mass is 9.79. The number of alkyl halides is 1. The van der Waals surface area contributed by atoms with Crippen LogP contribution in [0.5, 0.6) is 0 Å². The second-order valence-electron chi connectivity index (χ2n) is 8.07. The van der Waals surface area contributed by atoms with Gasteiger partial charge in [-0.25, -0.2) is 9.18 Å². The third kappa shape index (κ3) is 7.47. The number of carboxylic acid groups (broad SMARTS) is 1. The van der Waals surface area contributed by atoms with Crippen LogP contribution in [-0.2, 0) is 4.79 Å². The van der Waals surface area contributed by atoms with Crippen molar-refractivity contribution in [3.63, 3.8) is 0 Å². The van der Waals surface area contributed by atoms with E-state index in [-0.39, 0.29) is 18.8 Å². The minimum atomic E-state index is -2.14. The van der Waals surface area contributed by atoms with Gasteiger partial charge in [0, 0.05) is 0 Å². The van der Waals surface area contributed by atoms with Gasteiger partial charge in [0.05, 0.1) is 0 Å². The molecule has 0 heterocycles. The number of rotatable bonds is 13. The molecule has 1 rings (SSSR count). The summed E-state index contributed by atoms with van der Waals surface area (Å²) in [5.74, 6) is -0.134. The highest BCUT2D eigenvalue weighted by Crippen LogP contribution is 2.36. The molecule has 0 amide bonds. The third-order valence-corrected chi connectivity index (χ3v) is 5.81. The molecule has 0 aliphatic carbocycles. The van der Waals surface area contributed by atoms with Gasteiger partial charge >= 0.3 is 5.97 Å². The molecule has 0 spiro atoms. The normalized spacial score (nSPS) is 17.3. The predicted octanol–water partition coefficient (Wildman–Crippen LogP) is 7.00. The highest BCUT2D eigenvalue weighted by atomic mass is 19.1. The van der Waals surface area contributed by atoms with E-state index in [1.165, 1.54) is 25.7 Å². The van der Waals surface area contributed by atoms with Gasteiger partial charge in [-0.2, -0.15) is 0 Å². The highest BCUT2D eigenvalue weighted by molar-refractivity contribution is 5.77. The van der Waals surface area contributed by atoms with Crippen LogP contribution in [0.4, 0.5) is 4.39 Å².